The summed E-state index contributed by atoms with van der Waals surface area (Å²) in [6, 6.07) is 5.65. The van der Waals surface area contributed by atoms with Gasteiger partial charge in [-0.25, -0.2) is 0 Å². The summed E-state index contributed by atoms with van der Waals surface area (Å²) in [6.07, 6.45) is 0. The highest BCUT2D eigenvalue weighted by Gasteiger charge is 2.70. The Morgan fingerprint density at radius 2 is 0.510 bits per heavy atom. The maximum Gasteiger partial charge on any atom is 0.173 e. The molecule has 2 rings (SSSR count). The fraction of sp³-hybridized carbons (Fsp3) is 0.889. The number of hydrogen-bond acceptors (Lipinski definition) is 3. The van der Waals surface area contributed by atoms with Crippen LogP contribution in [0.2, 0.25) is 207 Å². The van der Waals surface area contributed by atoms with Gasteiger partial charge in [0.05, 0.1) is 32.3 Å². The van der Waals surface area contributed by atoms with Crippen LogP contribution in [0.1, 0.15) is 0 Å². The minimum Gasteiger partial charge on any atom is -0.456 e. The predicted molar refractivity (Wildman–Crippen MR) is 271 cm³/mol. The monoisotopic (exact) mass is 904 g/mol. The first-order chi connectivity index (χ1) is 21.8. The molecule has 0 aromatic rings. The molecule has 0 N–H and O–H groups in total. The van der Waals surface area contributed by atoms with Gasteiger partial charge < -0.3 is 11.9 Å². The van der Waals surface area contributed by atoms with Crippen LogP contribution in [0, 0.1) is 0 Å². The average molecular weight is 906 g/mol. The van der Waals surface area contributed by atoms with Crippen LogP contribution < -0.4 is 0 Å². The van der Waals surface area contributed by atoms with Gasteiger partial charge in [0.1, 0.15) is 32.9 Å². The van der Waals surface area contributed by atoms with E-state index in [-0.39, 0.29) is 0 Å². The summed E-state index contributed by atoms with van der Waals surface area (Å²) in [7, 11) is -19.4. The van der Waals surface area contributed by atoms with Crippen LogP contribution in [-0.4, -0.2) is 106 Å². The van der Waals surface area contributed by atoms with E-state index in [1.165, 1.54) is 24.2 Å². The molecule has 0 bridgehead atoms. The van der Waals surface area contributed by atoms with E-state index in [1.54, 1.807) is 0 Å². The van der Waals surface area contributed by atoms with E-state index >= 15 is 0 Å². The Labute approximate surface area is 334 Å². The highest BCUT2D eigenvalue weighted by atomic mass is 28.5. The molecular formula is C36H92N2OSi12. The molecule has 0 aromatic heterocycles. The Balaban J connectivity index is 2.58. The molecule has 0 unspecified atom stereocenters. The molecule has 0 saturated heterocycles. The molecule has 3 nitrogen and oxygen atoms in total. The fourth-order valence-corrected chi connectivity index (χ4v) is 111. The summed E-state index contributed by atoms with van der Waals surface area (Å²) >= 11 is 0. The third-order valence-electron chi connectivity index (χ3n) is 11.2. The second kappa shape index (κ2) is 14.4. The molecule has 300 valence electrons. The van der Waals surface area contributed by atoms with E-state index in [1.807, 2.05) is 0 Å². The molecule has 0 radical (unpaired) electrons. The number of nitrogens with zero attached hydrogens (tertiary/aromatic N) is 2. The zero-order valence-corrected chi connectivity index (χ0v) is 52.1. The maximum atomic E-state index is 7.80. The Morgan fingerprint density at radius 1 is 0.333 bits per heavy atom. The third kappa shape index (κ3) is 10.7. The van der Waals surface area contributed by atoms with Crippen molar-refractivity contribution in [3.8, 4) is 0 Å². The van der Waals surface area contributed by atoms with E-state index in [9.17, 15) is 0 Å². The largest absolute Gasteiger partial charge is 0.456 e. The highest BCUT2D eigenvalue weighted by Crippen LogP contribution is 2.60. The molecule has 0 spiro atoms. The molecular weight excluding hydrogens is 813 g/mol. The van der Waals surface area contributed by atoms with Crippen molar-refractivity contribution in [3.05, 3.63) is 19.3 Å². The van der Waals surface area contributed by atoms with E-state index in [0.29, 0.717) is 0 Å². The molecule has 2 heterocycles. The van der Waals surface area contributed by atoms with Gasteiger partial charge in [0, 0.05) is 0 Å². The summed E-state index contributed by atoms with van der Waals surface area (Å²) in [5.74, 6) is 0. The van der Waals surface area contributed by atoms with Crippen LogP contribution in [0.25, 0.3) is 0 Å². The van der Waals surface area contributed by atoms with Crippen molar-refractivity contribution in [2.24, 2.45) is 0 Å². The van der Waals surface area contributed by atoms with Crippen LogP contribution in [0.15, 0.2) is 19.3 Å². The van der Waals surface area contributed by atoms with Crippen LogP contribution in [-0.2, 0) is 4.12 Å². The number of rotatable bonds is 18. The van der Waals surface area contributed by atoms with E-state index in [4.69, 9.17) is 4.12 Å². The second-order valence-corrected chi connectivity index (χ2v) is 86.2. The lowest BCUT2D eigenvalue weighted by molar-refractivity contribution is 0.541. The molecule has 0 amide bonds. The van der Waals surface area contributed by atoms with Gasteiger partial charge in [-0.15, -0.1) is 0 Å². The zero-order valence-electron chi connectivity index (χ0n) is 40.1. The van der Waals surface area contributed by atoms with Crippen molar-refractivity contribution in [1.82, 2.24) is 7.79 Å². The Hall–Kier alpha value is 1.96. The molecule has 0 aromatic carbocycles. The summed E-state index contributed by atoms with van der Waals surface area (Å²) in [5.41, 5.74) is 0. The lowest BCUT2D eigenvalue weighted by Crippen LogP contribution is -2.70. The second-order valence-electron chi connectivity index (χ2n) is 26.2. The summed E-state index contributed by atoms with van der Waals surface area (Å²) in [6.45, 7) is 75.2. The minimum absolute atomic E-state index is 1.36. The van der Waals surface area contributed by atoms with Crippen LogP contribution in [0.3, 0.4) is 0 Å². The first kappa shape index (κ1) is 49.1. The van der Waals surface area contributed by atoms with Gasteiger partial charge in [0.25, 0.3) is 0 Å². The zero-order chi connectivity index (χ0) is 41.0. The number of hydrogen-bond donors (Lipinski definition) is 0. The summed E-state index contributed by atoms with van der Waals surface area (Å²) in [5, 5.41) is 0. The Morgan fingerprint density at radius 3 is 0.647 bits per heavy atom. The van der Waals surface area contributed by atoms with Crippen LogP contribution in [0.5, 0.6) is 0 Å². The molecule has 0 saturated carbocycles. The van der Waals surface area contributed by atoms with Crippen LogP contribution >= 0.6 is 0 Å². The van der Waals surface area contributed by atoms with E-state index in [2.05, 4.69) is 210 Å². The van der Waals surface area contributed by atoms with Gasteiger partial charge in [0.15, 0.2) is 33.1 Å². The Bertz CT molecular complexity index is 1180. The van der Waals surface area contributed by atoms with Crippen LogP contribution in [0.4, 0.5) is 0 Å². The molecule has 0 aliphatic carbocycles. The van der Waals surface area contributed by atoms with Gasteiger partial charge in [-0.1, -0.05) is 176 Å². The SMILES string of the molecule is C[Si](C)(CC[Si]1(N([Si](C)(C)C)[Si](C)(C)C)C([Si](C)(C)C)=C1[Si](C)(C)C)O[Si](C)(C)CC[Si]1(N([Si](C)(C)C)[Si](C)(C)C)C([Si](C)(C)C)=C1[Si](C)(C)C. The topological polar surface area (TPSA) is 15.7 Å². The quantitative estimate of drug-likeness (QED) is 0.127. The van der Waals surface area contributed by atoms with Crippen molar-refractivity contribution in [3.63, 3.8) is 0 Å². The van der Waals surface area contributed by atoms with Crippen molar-refractivity contribution < 1.29 is 4.12 Å². The molecule has 0 atom stereocenters. The third-order valence-corrected chi connectivity index (χ3v) is 75.3. The van der Waals surface area contributed by atoms with Crippen molar-refractivity contribution in [1.29, 1.82) is 0 Å². The van der Waals surface area contributed by atoms with Crippen molar-refractivity contribution >= 4 is 98.3 Å². The van der Waals surface area contributed by atoms with Crippen molar-refractivity contribution in [2.45, 2.75) is 207 Å². The highest BCUT2D eigenvalue weighted by molar-refractivity contribution is 7.33. The van der Waals surface area contributed by atoms with E-state index in [0.717, 1.165) is 0 Å². The van der Waals surface area contributed by atoms with E-state index < -0.39 is 98.3 Å². The molecule has 51 heavy (non-hydrogen) atoms. The summed E-state index contributed by atoms with van der Waals surface area (Å²) < 4.78 is 14.6. The lowest BCUT2D eigenvalue weighted by Gasteiger charge is -2.53. The van der Waals surface area contributed by atoms with Gasteiger partial charge in [-0.05, 0) is 50.4 Å². The Kier molecular flexibility index (Phi) is 13.8. The minimum atomic E-state index is -1.91. The molecule has 2 aliphatic heterocycles. The average Bonchev–Trinajstić information content (AvgIpc) is 3.62. The molecule has 0 fully saturated rings. The van der Waals surface area contributed by atoms with Gasteiger partial charge in [-0.3, -0.25) is 0 Å². The first-order valence-electron chi connectivity index (χ1n) is 20.7. The predicted octanol–water partition coefficient (Wildman–Crippen LogP) is 13.5. The maximum absolute atomic E-state index is 7.80. The molecule has 15 heteroatoms. The van der Waals surface area contributed by atoms with Gasteiger partial charge in [0.2, 0.25) is 0 Å². The fourth-order valence-electron chi connectivity index (χ4n) is 11.9. The van der Waals surface area contributed by atoms with Gasteiger partial charge in [-0.2, -0.15) is 0 Å². The molecule has 2 aliphatic rings. The first-order valence-corrected chi connectivity index (χ1v) is 59.0. The summed E-state index contributed by atoms with van der Waals surface area (Å²) in [4.78, 5) is 8.46. The standard InChI is InChI=1S/C36H92N2OSi12/c1-40(2,3)33-34(41(4,5)6)50(33,37(44(13,14)15)45(16,17)18)31-29-48(25,26)39-49(27,28)30-32-51(38(46(19,20)21)47(22,23)24)35(42(7,8)9)36(51)43(10,11)12/h29-32H2,1-28H3. The smallest absolute Gasteiger partial charge is 0.173 e. The van der Waals surface area contributed by atoms with Gasteiger partial charge >= 0.3 is 0 Å². The normalized spacial score (nSPS) is 19.9. The lowest BCUT2D eigenvalue weighted by atomic mass is 10.9. The van der Waals surface area contributed by atoms with Crippen molar-refractivity contribution in [2.75, 3.05) is 0 Å².